The van der Waals surface area contributed by atoms with Gasteiger partial charge >= 0.3 is 0 Å². The van der Waals surface area contributed by atoms with Crippen molar-refractivity contribution in [3.05, 3.63) is 42.2 Å². The van der Waals surface area contributed by atoms with Crippen LogP contribution in [0.4, 0.5) is 5.69 Å². The topological polar surface area (TPSA) is 65.2 Å². The van der Waals surface area contributed by atoms with E-state index in [-0.39, 0.29) is 0 Å². The van der Waals surface area contributed by atoms with Gasteiger partial charge in [0, 0.05) is 18.2 Å². The lowest BCUT2D eigenvalue weighted by Gasteiger charge is -2.04. The second kappa shape index (κ2) is 3.55. The zero-order valence-corrected chi connectivity index (χ0v) is 7.73. The van der Waals surface area contributed by atoms with Crippen molar-refractivity contribution in [2.24, 2.45) is 5.73 Å². The minimum absolute atomic E-state index is 0.482. The molecule has 0 aliphatic heterocycles. The van der Waals surface area contributed by atoms with Gasteiger partial charge in [0.2, 0.25) is 0 Å². The molecule has 1 aromatic carbocycles. The minimum Gasteiger partial charge on any atom is -0.462 e. The Bertz CT molecular complexity index is 434. The Hall–Kier alpha value is -1.74. The predicted molar refractivity (Wildman–Crippen MR) is 56.4 cm³/mol. The lowest BCUT2D eigenvalue weighted by molar-refractivity contribution is 0.582. The van der Waals surface area contributed by atoms with E-state index in [1.165, 1.54) is 0 Å². The fourth-order valence-electron chi connectivity index (χ4n) is 1.46. The number of rotatable bonds is 2. The van der Waals surface area contributed by atoms with Crippen LogP contribution in [0.3, 0.4) is 0 Å². The van der Waals surface area contributed by atoms with E-state index in [0.29, 0.717) is 18.0 Å². The largest absolute Gasteiger partial charge is 0.462 e. The molecule has 1 aromatic heterocycles. The maximum absolute atomic E-state index is 5.76. The number of furan rings is 1. The van der Waals surface area contributed by atoms with E-state index >= 15 is 0 Å². The summed E-state index contributed by atoms with van der Waals surface area (Å²) in [4.78, 5) is 0. The molecule has 0 aliphatic carbocycles. The normalized spacial score (nSPS) is 10.4. The summed E-state index contributed by atoms with van der Waals surface area (Å²) in [5, 5.41) is 0. The number of hydrogen-bond donors (Lipinski definition) is 2. The number of nitrogen functional groups attached to an aromatic ring is 1. The summed E-state index contributed by atoms with van der Waals surface area (Å²) in [6.07, 6.45) is 1.58. The molecule has 0 saturated carbocycles. The van der Waals surface area contributed by atoms with E-state index in [4.69, 9.17) is 15.9 Å². The van der Waals surface area contributed by atoms with Crippen LogP contribution in [0.5, 0.6) is 0 Å². The minimum atomic E-state index is 0.482. The molecule has 0 unspecified atom stereocenters. The van der Waals surface area contributed by atoms with Crippen molar-refractivity contribution in [2.45, 2.75) is 6.54 Å². The summed E-state index contributed by atoms with van der Waals surface area (Å²) in [6.45, 7) is 0.482. The molecule has 3 nitrogen and oxygen atoms in total. The summed E-state index contributed by atoms with van der Waals surface area (Å²) >= 11 is 0. The monoisotopic (exact) mass is 188 g/mol. The highest BCUT2D eigenvalue weighted by Crippen LogP contribution is 2.29. The van der Waals surface area contributed by atoms with Crippen LogP contribution in [0.25, 0.3) is 11.3 Å². The molecule has 0 aliphatic rings. The molecule has 0 fully saturated rings. The zero-order valence-electron chi connectivity index (χ0n) is 7.73. The summed E-state index contributed by atoms with van der Waals surface area (Å²) < 4.78 is 5.31. The van der Waals surface area contributed by atoms with Gasteiger partial charge in [-0.15, -0.1) is 0 Å². The molecule has 0 spiro atoms. The molecule has 0 bridgehead atoms. The smallest absolute Gasteiger partial charge is 0.157 e. The first-order chi connectivity index (χ1) is 6.83. The van der Waals surface area contributed by atoms with Gasteiger partial charge in [-0.2, -0.15) is 0 Å². The van der Waals surface area contributed by atoms with E-state index in [9.17, 15) is 0 Å². The van der Waals surface area contributed by atoms with Gasteiger partial charge in [0.05, 0.1) is 12.0 Å². The first-order valence-corrected chi connectivity index (χ1v) is 4.44. The van der Waals surface area contributed by atoms with Crippen molar-refractivity contribution in [2.75, 3.05) is 5.73 Å². The Labute approximate surface area is 82.3 Å². The van der Waals surface area contributed by atoms with Gasteiger partial charge < -0.3 is 15.9 Å². The van der Waals surface area contributed by atoms with Gasteiger partial charge in [-0.05, 0) is 5.56 Å². The zero-order chi connectivity index (χ0) is 9.97. The Morgan fingerprint density at radius 2 is 1.93 bits per heavy atom. The van der Waals surface area contributed by atoms with E-state index < -0.39 is 0 Å². The van der Waals surface area contributed by atoms with Crippen molar-refractivity contribution in [3.63, 3.8) is 0 Å². The molecular formula is C11H12N2O. The van der Waals surface area contributed by atoms with E-state index in [2.05, 4.69) is 0 Å². The SMILES string of the molecule is NCc1ccccc1-c1occc1N. The first-order valence-electron chi connectivity index (χ1n) is 4.44. The third kappa shape index (κ3) is 1.38. The average molecular weight is 188 g/mol. The molecular weight excluding hydrogens is 176 g/mol. The van der Waals surface area contributed by atoms with Gasteiger partial charge in [-0.25, -0.2) is 0 Å². The number of nitrogens with two attached hydrogens (primary N) is 2. The maximum atomic E-state index is 5.76. The summed E-state index contributed by atoms with van der Waals surface area (Å²) in [5.74, 6) is 0.700. The fraction of sp³-hybridized carbons (Fsp3) is 0.0909. The quantitative estimate of drug-likeness (QED) is 0.757. The fourth-order valence-corrected chi connectivity index (χ4v) is 1.46. The van der Waals surface area contributed by atoms with E-state index in [0.717, 1.165) is 11.1 Å². The van der Waals surface area contributed by atoms with Crippen LogP contribution in [-0.2, 0) is 6.54 Å². The highest BCUT2D eigenvalue weighted by Gasteiger charge is 2.09. The average Bonchev–Trinajstić information content (AvgIpc) is 2.64. The molecule has 3 heteroatoms. The van der Waals surface area contributed by atoms with Crippen molar-refractivity contribution in [1.29, 1.82) is 0 Å². The van der Waals surface area contributed by atoms with Crippen LogP contribution < -0.4 is 11.5 Å². The summed E-state index contributed by atoms with van der Waals surface area (Å²) in [5.41, 5.74) is 14.0. The molecule has 14 heavy (non-hydrogen) atoms. The Morgan fingerprint density at radius 3 is 2.57 bits per heavy atom. The van der Waals surface area contributed by atoms with Crippen molar-refractivity contribution in [1.82, 2.24) is 0 Å². The third-order valence-corrected chi connectivity index (χ3v) is 2.18. The van der Waals surface area contributed by atoms with Gasteiger partial charge in [0.25, 0.3) is 0 Å². The molecule has 4 N–H and O–H groups in total. The van der Waals surface area contributed by atoms with Crippen LogP contribution in [0.2, 0.25) is 0 Å². The van der Waals surface area contributed by atoms with Crippen molar-refractivity contribution >= 4 is 5.69 Å². The van der Waals surface area contributed by atoms with Crippen LogP contribution >= 0.6 is 0 Å². The standard InChI is InChI=1S/C11H12N2O/c12-7-8-3-1-2-4-9(8)11-10(13)5-6-14-11/h1-6H,7,12-13H2. The third-order valence-electron chi connectivity index (χ3n) is 2.18. The molecule has 2 rings (SSSR count). The Kier molecular flexibility index (Phi) is 2.24. The first kappa shape index (κ1) is 8.84. The highest BCUT2D eigenvalue weighted by atomic mass is 16.3. The molecule has 1 heterocycles. The van der Waals surface area contributed by atoms with Gasteiger partial charge in [-0.1, -0.05) is 24.3 Å². The lowest BCUT2D eigenvalue weighted by atomic mass is 10.0. The van der Waals surface area contributed by atoms with Gasteiger partial charge in [-0.3, -0.25) is 0 Å². The summed E-state index contributed by atoms with van der Waals surface area (Å²) in [7, 11) is 0. The second-order valence-electron chi connectivity index (χ2n) is 3.07. The molecule has 2 aromatic rings. The Morgan fingerprint density at radius 1 is 1.14 bits per heavy atom. The molecule has 0 amide bonds. The number of benzene rings is 1. The van der Waals surface area contributed by atoms with Crippen LogP contribution in [-0.4, -0.2) is 0 Å². The molecule has 0 atom stereocenters. The molecule has 0 saturated heterocycles. The van der Waals surface area contributed by atoms with Gasteiger partial charge in [0.1, 0.15) is 0 Å². The van der Waals surface area contributed by atoms with E-state index in [1.807, 2.05) is 24.3 Å². The van der Waals surface area contributed by atoms with Crippen molar-refractivity contribution < 1.29 is 4.42 Å². The number of anilines is 1. The van der Waals surface area contributed by atoms with Crippen LogP contribution in [0.15, 0.2) is 41.0 Å². The molecule has 72 valence electrons. The van der Waals surface area contributed by atoms with E-state index in [1.54, 1.807) is 12.3 Å². The second-order valence-corrected chi connectivity index (χ2v) is 3.07. The van der Waals surface area contributed by atoms with Crippen molar-refractivity contribution in [3.8, 4) is 11.3 Å². The highest BCUT2D eigenvalue weighted by molar-refractivity contribution is 5.73. The number of hydrogen-bond acceptors (Lipinski definition) is 3. The molecule has 0 radical (unpaired) electrons. The predicted octanol–water partition coefficient (Wildman–Crippen LogP) is 1.99. The van der Waals surface area contributed by atoms with Crippen LogP contribution in [0, 0.1) is 0 Å². The lowest BCUT2D eigenvalue weighted by Crippen LogP contribution is -1.98. The Balaban J connectivity index is 2.56. The van der Waals surface area contributed by atoms with Gasteiger partial charge in [0.15, 0.2) is 5.76 Å². The maximum Gasteiger partial charge on any atom is 0.157 e. The summed E-state index contributed by atoms with van der Waals surface area (Å²) in [6, 6.07) is 9.55. The van der Waals surface area contributed by atoms with Crippen LogP contribution in [0.1, 0.15) is 5.56 Å².